The van der Waals surface area contributed by atoms with Gasteiger partial charge in [0.05, 0.1) is 19.6 Å². The fourth-order valence-corrected chi connectivity index (χ4v) is 3.66. The molecule has 2 aromatic carbocycles. The highest BCUT2D eigenvalue weighted by atomic mass is 16.5. The molecule has 0 bridgehead atoms. The van der Waals surface area contributed by atoms with Crippen LogP contribution in [0.25, 0.3) is 22.1 Å². The van der Waals surface area contributed by atoms with Gasteiger partial charge in [0.25, 0.3) is 5.56 Å². The van der Waals surface area contributed by atoms with Crippen molar-refractivity contribution in [2.45, 2.75) is 32.7 Å². The highest BCUT2D eigenvalue weighted by molar-refractivity contribution is 5.88. The highest BCUT2D eigenvalue weighted by Gasteiger charge is 2.18. The summed E-state index contributed by atoms with van der Waals surface area (Å²) in [4.78, 5) is 31.0. The third-order valence-corrected chi connectivity index (χ3v) is 5.34. The molecular formula is C24H24N2O5. The van der Waals surface area contributed by atoms with Gasteiger partial charge in [-0.25, -0.2) is 0 Å². The molecule has 7 nitrogen and oxygen atoms in total. The first kappa shape index (κ1) is 20.7. The van der Waals surface area contributed by atoms with Crippen LogP contribution in [0.4, 0.5) is 0 Å². The van der Waals surface area contributed by atoms with Gasteiger partial charge in [0.1, 0.15) is 22.9 Å². The van der Waals surface area contributed by atoms with E-state index in [1.54, 1.807) is 37.0 Å². The molecule has 0 amide bonds. The van der Waals surface area contributed by atoms with Crippen molar-refractivity contribution >= 4 is 22.1 Å². The normalized spacial score (nSPS) is 11.2. The molecule has 0 N–H and O–H groups in total. The smallest absolute Gasteiger partial charge is 0.268 e. The minimum atomic E-state index is -0.377. The van der Waals surface area contributed by atoms with Gasteiger partial charge < -0.3 is 13.9 Å². The molecule has 0 radical (unpaired) electrons. The van der Waals surface area contributed by atoms with Gasteiger partial charge in [-0.05, 0) is 42.7 Å². The maximum absolute atomic E-state index is 13.4. The molecule has 4 rings (SSSR count). The van der Waals surface area contributed by atoms with Crippen molar-refractivity contribution in [2.75, 3.05) is 14.2 Å². The average molecular weight is 420 g/mol. The van der Waals surface area contributed by atoms with Crippen LogP contribution in [0.5, 0.6) is 11.5 Å². The van der Waals surface area contributed by atoms with E-state index in [-0.39, 0.29) is 22.1 Å². The second-order valence-electron chi connectivity index (χ2n) is 7.31. The molecular weight excluding hydrogens is 396 g/mol. The molecule has 0 unspecified atom stereocenters. The quantitative estimate of drug-likeness (QED) is 0.424. The van der Waals surface area contributed by atoms with Gasteiger partial charge in [0.2, 0.25) is 11.1 Å². The predicted molar refractivity (Wildman–Crippen MR) is 119 cm³/mol. The molecule has 31 heavy (non-hydrogen) atoms. The van der Waals surface area contributed by atoms with E-state index in [1.807, 2.05) is 31.2 Å². The molecule has 7 heteroatoms. The summed E-state index contributed by atoms with van der Waals surface area (Å²) in [5, 5.41) is 0.310. The van der Waals surface area contributed by atoms with Crippen LogP contribution in [-0.2, 0) is 19.4 Å². The number of hydrogen-bond donors (Lipinski definition) is 0. The van der Waals surface area contributed by atoms with Crippen LogP contribution < -0.4 is 20.5 Å². The first-order valence-electron chi connectivity index (χ1n) is 10.2. The Balaban J connectivity index is 1.83. The van der Waals surface area contributed by atoms with Gasteiger partial charge in [-0.15, -0.1) is 0 Å². The van der Waals surface area contributed by atoms with E-state index >= 15 is 0 Å². The van der Waals surface area contributed by atoms with E-state index in [9.17, 15) is 9.59 Å². The van der Waals surface area contributed by atoms with E-state index in [1.165, 1.54) is 0 Å². The summed E-state index contributed by atoms with van der Waals surface area (Å²) in [5.74, 6) is 1.96. The third-order valence-electron chi connectivity index (χ3n) is 5.34. The van der Waals surface area contributed by atoms with Crippen LogP contribution in [0, 0.1) is 0 Å². The van der Waals surface area contributed by atoms with Crippen LogP contribution in [0.3, 0.4) is 0 Å². The van der Waals surface area contributed by atoms with Gasteiger partial charge in [-0.1, -0.05) is 19.1 Å². The van der Waals surface area contributed by atoms with Crippen molar-refractivity contribution in [1.29, 1.82) is 0 Å². The largest absolute Gasteiger partial charge is 0.497 e. The van der Waals surface area contributed by atoms with Crippen molar-refractivity contribution in [2.24, 2.45) is 0 Å². The second-order valence-corrected chi connectivity index (χ2v) is 7.31. The molecule has 160 valence electrons. The number of aryl methyl sites for hydroxylation is 2. The number of rotatable bonds is 7. The summed E-state index contributed by atoms with van der Waals surface area (Å²) in [6.07, 6.45) is 2.05. The van der Waals surface area contributed by atoms with Crippen LogP contribution in [0.15, 0.2) is 56.5 Å². The standard InChI is InChI=1S/C24H24N2O5/c1-4-5-20-25-23-21(22(27)18-11-10-17(30-3)14-19(18)31-23)24(28)26(20)13-12-15-6-8-16(29-2)9-7-15/h6-11,14H,4-5,12-13H2,1-3H3. The molecule has 2 heterocycles. The topological polar surface area (TPSA) is 83.6 Å². The molecule has 0 atom stereocenters. The average Bonchev–Trinajstić information content (AvgIpc) is 2.79. The number of methoxy groups -OCH3 is 2. The summed E-state index contributed by atoms with van der Waals surface area (Å²) in [6.45, 7) is 2.44. The minimum absolute atomic E-state index is 0.0211. The Bertz CT molecular complexity index is 1350. The third kappa shape index (κ3) is 3.91. The molecule has 0 fully saturated rings. The van der Waals surface area contributed by atoms with E-state index in [4.69, 9.17) is 13.9 Å². The maximum Gasteiger partial charge on any atom is 0.268 e. The number of aromatic nitrogens is 2. The molecule has 0 aliphatic rings. The van der Waals surface area contributed by atoms with Crippen molar-refractivity contribution in [1.82, 2.24) is 9.55 Å². The first-order valence-corrected chi connectivity index (χ1v) is 10.2. The summed E-state index contributed by atoms with van der Waals surface area (Å²) in [5.41, 5.74) is 0.737. The Hall–Kier alpha value is -3.61. The van der Waals surface area contributed by atoms with Gasteiger partial charge in [-0.2, -0.15) is 4.98 Å². The first-order chi connectivity index (χ1) is 15.0. The predicted octanol–water partition coefficient (Wildman–Crippen LogP) is 3.72. The van der Waals surface area contributed by atoms with Gasteiger partial charge in [0.15, 0.2) is 5.39 Å². The number of nitrogens with zero attached hydrogens (tertiary/aromatic N) is 2. The van der Waals surface area contributed by atoms with E-state index < -0.39 is 0 Å². The monoisotopic (exact) mass is 420 g/mol. The van der Waals surface area contributed by atoms with Crippen LogP contribution in [-0.4, -0.2) is 23.8 Å². The number of ether oxygens (including phenoxy) is 2. The summed E-state index contributed by atoms with van der Waals surface area (Å²) < 4.78 is 17.9. The lowest BCUT2D eigenvalue weighted by atomic mass is 10.1. The number of fused-ring (bicyclic) bond motifs is 2. The molecule has 4 aromatic rings. The van der Waals surface area contributed by atoms with Gasteiger partial charge >= 0.3 is 0 Å². The van der Waals surface area contributed by atoms with Crippen LogP contribution in [0.2, 0.25) is 0 Å². The lowest BCUT2D eigenvalue weighted by Crippen LogP contribution is -2.29. The molecule has 0 aliphatic heterocycles. The Morgan fingerprint density at radius 3 is 2.35 bits per heavy atom. The zero-order valence-electron chi connectivity index (χ0n) is 17.8. The van der Waals surface area contributed by atoms with Crippen molar-refractivity contribution in [3.63, 3.8) is 0 Å². The second kappa shape index (κ2) is 8.63. The Kier molecular flexibility index (Phi) is 5.75. The maximum atomic E-state index is 13.4. The van der Waals surface area contributed by atoms with Crippen molar-refractivity contribution in [3.05, 3.63) is 74.4 Å². The summed E-state index contributed by atoms with van der Waals surface area (Å²) in [6, 6.07) is 12.6. The summed E-state index contributed by atoms with van der Waals surface area (Å²) >= 11 is 0. The van der Waals surface area contributed by atoms with Gasteiger partial charge in [0, 0.05) is 19.0 Å². The van der Waals surface area contributed by atoms with E-state index in [0.29, 0.717) is 41.9 Å². The zero-order valence-corrected chi connectivity index (χ0v) is 17.8. The summed E-state index contributed by atoms with van der Waals surface area (Å²) in [7, 11) is 3.16. The minimum Gasteiger partial charge on any atom is -0.497 e. The van der Waals surface area contributed by atoms with Crippen LogP contribution in [0.1, 0.15) is 24.7 Å². The van der Waals surface area contributed by atoms with Crippen molar-refractivity contribution in [3.8, 4) is 11.5 Å². The Labute approximate surface area is 178 Å². The number of hydrogen-bond acceptors (Lipinski definition) is 6. The molecule has 0 saturated heterocycles. The fraction of sp³-hybridized carbons (Fsp3) is 0.292. The lowest BCUT2D eigenvalue weighted by Gasteiger charge is -2.13. The molecule has 0 aliphatic carbocycles. The molecule has 0 saturated carbocycles. The number of benzene rings is 2. The zero-order chi connectivity index (χ0) is 22.0. The Morgan fingerprint density at radius 2 is 1.68 bits per heavy atom. The molecule has 2 aromatic heterocycles. The van der Waals surface area contributed by atoms with Crippen LogP contribution >= 0.6 is 0 Å². The molecule has 0 spiro atoms. The van der Waals surface area contributed by atoms with E-state index in [2.05, 4.69) is 4.98 Å². The van der Waals surface area contributed by atoms with E-state index in [0.717, 1.165) is 17.7 Å². The van der Waals surface area contributed by atoms with Crippen molar-refractivity contribution < 1.29 is 13.9 Å². The van der Waals surface area contributed by atoms with Gasteiger partial charge in [-0.3, -0.25) is 14.2 Å². The SMILES string of the molecule is CCCc1nc2oc3cc(OC)ccc3c(=O)c2c(=O)n1CCc1ccc(OC)cc1. The Morgan fingerprint density at radius 1 is 0.968 bits per heavy atom. The fourth-order valence-electron chi connectivity index (χ4n) is 3.66. The lowest BCUT2D eigenvalue weighted by molar-refractivity contribution is 0.414. The highest BCUT2D eigenvalue weighted by Crippen LogP contribution is 2.21.